The summed E-state index contributed by atoms with van der Waals surface area (Å²) in [6.45, 7) is 18.9. The molecule has 0 aromatic carbocycles. The zero-order valence-corrected chi connectivity index (χ0v) is 16.7. The topological polar surface area (TPSA) is 78.9 Å². The Kier molecular flexibility index (Phi) is 24.7. The summed E-state index contributed by atoms with van der Waals surface area (Å²) in [6.07, 6.45) is 6.27. The zero-order valence-electron chi connectivity index (χ0n) is 16.7. The Morgan fingerprint density at radius 3 is 1.54 bits per heavy atom. The van der Waals surface area contributed by atoms with Crippen molar-refractivity contribution in [3.8, 4) is 0 Å². The van der Waals surface area contributed by atoms with Gasteiger partial charge in [0.05, 0.1) is 19.8 Å². The lowest BCUT2D eigenvalue weighted by molar-refractivity contribution is -0.139. The first-order valence-electron chi connectivity index (χ1n) is 8.71. The Labute approximate surface area is 157 Å². The molecular weight excluding hydrogens is 336 g/mol. The van der Waals surface area contributed by atoms with Crippen LogP contribution in [0.15, 0.2) is 37.5 Å². The van der Waals surface area contributed by atoms with Crippen molar-refractivity contribution in [2.45, 2.75) is 53.4 Å². The quantitative estimate of drug-likeness (QED) is 0.249. The van der Waals surface area contributed by atoms with Gasteiger partial charge >= 0.3 is 17.9 Å². The minimum absolute atomic E-state index is 0.284. The highest BCUT2D eigenvalue weighted by Crippen LogP contribution is 1.94. The molecule has 0 aromatic rings. The average molecular weight is 370 g/mol. The van der Waals surface area contributed by atoms with Crippen molar-refractivity contribution >= 4 is 17.9 Å². The average Bonchev–Trinajstić information content (AvgIpc) is 2.63. The summed E-state index contributed by atoms with van der Waals surface area (Å²) in [5, 5.41) is 0. The van der Waals surface area contributed by atoms with E-state index in [4.69, 9.17) is 4.74 Å². The van der Waals surface area contributed by atoms with Crippen LogP contribution in [0.25, 0.3) is 0 Å². The Morgan fingerprint density at radius 2 is 1.23 bits per heavy atom. The second-order valence-corrected chi connectivity index (χ2v) is 4.95. The Hall–Kier alpha value is -2.37. The van der Waals surface area contributed by atoms with Gasteiger partial charge in [0.15, 0.2) is 0 Å². The summed E-state index contributed by atoms with van der Waals surface area (Å²) in [7, 11) is 0. The van der Waals surface area contributed by atoms with Crippen LogP contribution in [-0.4, -0.2) is 37.7 Å². The fraction of sp³-hybridized carbons (Fsp3) is 0.550. The van der Waals surface area contributed by atoms with Crippen LogP contribution < -0.4 is 0 Å². The highest BCUT2D eigenvalue weighted by molar-refractivity contribution is 5.86. The minimum atomic E-state index is -0.359. The van der Waals surface area contributed by atoms with Crippen LogP contribution in [0.3, 0.4) is 0 Å². The molecule has 26 heavy (non-hydrogen) atoms. The molecule has 0 unspecified atom stereocenters. The molecule has 0 spiro atoms. The lowest BCUT2D eigenvalue weighted by Gasteiger charge is -2.01. The molecule has 0 heterocycles. The highest BCUT2D eigenvalue weighted by atomic mass is 16.5. The van der Waals surface area contributed by atoms with Crippen LogP contribution in [0.1, 0.15) is 53.4 Å². The van der Waals surface area contributed by atoms with Gasteiger partial charge in [-0.15, -0.1) is 0 Å². The van der Waals surface area contributed by atoms with E-state index < -0.39 is 0 Å². The summed E-state index contributed by atoms with van der Waals surface area (Å²) in [5.41, 5.74) is 0.469. The maximum atomic E-state index is 10.7. The van der Waals surface area contributed by atoms with Gasteiger partial charge in [0.2, 0.25) is 0 Å². The maximum absolute atomic E-state index is 10.7. The number of carbonyl (C=O) groups is 3. The smallest absolute Gasteiger partial charge is 0.333 e. The summed E-state index contributed by atoms with van der Waals surface area (Å²) in [5.74, 6) is -0.973. The van der Waals surface area contributed by atoms with Gasteiger partial charge < -0.3 is 14.2 Å². The fourth-order valence-corrected chi connectivity index (χ4v) is 1.01. The summed E-state index contributed by atoms with van der Waals surface area (Å²) in [6, 6.07) is 0. The number of hydrogen-bond acceptors (Lipinski definition) is 6. The first-order valence-corrected chi connectivity index (χ1v) is 8.71. The normalized spacial score (nSPS) is 8.46. The molecule has 0 aliphatic carbocycles. The summed E-state index contributed by atoms with van der Waals surface area (Å²) in [4.78, 5) is 31.1. The predicted octanol–water partition coefficient (Wildman–Crippen LogP) is 4.16. The monoisotopic (exact) mass is 370 g/mol. The van der Waals surface area contributed by atoms with E-state index in [1.165, 1.54) is 6.08 Å². The van der Waals surface area contributed by atoms with Crippen LogP contribution in [0.5, 0.6) is 0 Å². The maximum Gasteiger partial charge on any atom is 0.333 e. The molecule has 0 amide bonds. The van der Waals surface area contributed by atoms with Crippen molar-refractivity contribution in [3.63, 3.8) is 0 Å². The van der Waals surface area contributed by atoms with E-state index in [0.29, 0.717) is 25.4 Å². The van der Waals surface area contributed by atoms with E-state index in [9.17, 15) is 14.4 Å². The van der Waals surface area contributed by atoms with Crippen molar-refractivity contribution in [1.29, 1.82) is 0 Å². The van der Waals surface area contributed by atoms with Crippen molar-refractivity contribution in [1.82, 2.24) is 0 Å². The van der Waals surface area contributed by atoms with E-state index in [0.717, 1.165) is 31.8 Å². The number of carbonyl (C=O) groups excluding carboxylic acids is 3. The van der Waals surface area contributed by atoms with E-state index in [-0.39, 0.29) is 17.9 Å². The van der Waals surface area contributed by atoms with E-state index >= 15 is 0 Å². The minimum Gasteiger partial charge on any atom is -0.463 e. The molecule has 0 aliphatic rings. The molecule has 6 nitrogen and oxygen atoms in total. The molecule has 6 heteroatoms. The zero-order chi connectivity index (χ0) is 20.8. The van der Waals surface area contributed by atoms with Gasteiger partial charge in [-0.3, -0.25) is 0 Å². The second-order valence-electron chi connectivity index (χ2n) is 4.95. The third-order valence-electron chi connectivity index (χ3n) is 2.44. The third-order valence-corrected chi connectivity index (χ3v) is 2.44. The van der Waals surface area contributed by atoms with Gasteiger partial charge in [0.25, 0.3) is 0 Å². The summed E-state index contributed by atoms with van der Waals surface area (Å²) < 4.78 is 13.9. The molecule has 0 radical (unpaired) electrons. The molecule has 0 atom stereocenters. The van der Waals surface area contributed by atoms with E-state index in [2.05, 4.69) is 36.1 Å². The second kappa shape index (κ2) is 22.6. The fourth-order valence-electron chi connectivity index (χ4n) is 1.01. The lowest BCUT2D eigenvalue weighted by Crippen LogP contribution is -2.05. The number of hydrogen-bond donors (Lipinski definition) is 0. The number of unbranched alkanes of at least 4 members (excludes halogenated alkanes) is 2. The van der Waals surface area contributed by atoms with Gasteiger partial charge in [0.1, 0.15) is 0 Å². The molecule has 0 rings (SSSR count). The Balaban J connectivity index is -0.000000310. The molecule has 0 aliphatic heterocycles. The molecule has 0 N–H and O–H groups in total. The lowest BCUT2D eigenvalue weighted by atomic mass is 10.3. The molecule has 0 bridgehead atoms. The SMILES string of the molecule is C=C(C)C(=O)OCCCC.C=CC(=O)OCC.C=CC(=O)OCCCC. The molecule has 0 fully saturated rings. The first-order chi connectivity index (χ1) is 12.3. The van der Waals surface area contributed by atoms with Gasteiger partial charge in [-0.1, -0.05) is 46.4 Å². The van der Waals surface area contributed by atoms with Crippen LogP contribution in [0.4, 0.5) is 0 Å². The van der Waals surface area contributed by atoms with Crippen LogP contribution in [-0.2, 0) is 28.6 Å². The molecule has 0 saturated carbocycles. The van der Waals surface area contributed by atoms with Crippen LogP contribution >= 0.6 is 0 Å². The molecule has 150 valence electrons. The van der Waals surface area contributed by atoms with Crippen molar-refractivity contribution in [2.24, 2.45) is 0 Å². The van der Waals surface area contributed by atoms with Crippen molar-refractivity contribution in [3.05, 3.63) is 37.5 Å². The van der Waals surface area contributed by atoms with E-state index in [1.54, 1.807) is 13.8 Å². The molecule has 0 saturated heterocycles. The first kappa shape index (κ1) is 28.4. The van der Waals surface area contributed by atoms with Crippen LogP contribution in [0.2, 0.25) is 0 Å². The van der Waals surface area contributed by atoms with Gasteiger partial charge in [-0.2, -0.15) is 0 Å². The Bertz CT molecular complexity index is 426. The highest BCUT2D eigenvalue weighted by Gasteiger charge is 2.00. The summed E-state index contributed by atoms with van der Waals surface area (Å²) >= 11 is 0. The van der Waals surface area contributed by atoms with Gasteiger partial charge in [-0.05, 0) is 26.7 Å². The van der Waals surface area contributed by atoms with Gasteiger partial charge in [-0.25, -0.2) is 14.4 Å². The standard InChI is InChI=1S/C8H14O2.C7H12O2.C5H8O2/c1-4-5-6-10-8(9)7(2)3;1-3-5-6-9-7(8)4-2;1-3-5(6)7-4-2/h2,4-6H2,1,3H3;4H,2-3,5-6H2,1H3;3H,1,4H2,2H3. The van der Waals surface area contributed by atoms with Crippen molar-refractivity contribution < 1.29 is 28.6 Å². The number of ether oxygens (including phenoxy) is 3. The van der Waals surface area contributed by atoms with Gasteiger partial charge in [0, 0.05) is 17.7 Å². The van der Waals surface area contributed by atoms with Crippen molar-refractivity contribution in [2.75, 3.05) is 19.8 Å². The van der Waals surface area contributed by atoms with E-state index in [1.807, 2.05) is 6.92 Å². The molecular formula is C20H34O6. The number of rotatable bonds is 10. The Morgan fingerprint density at radius 1 is 0.808 bits per heavy atom. The molecule has 0 aromatic heterocycles. The van der Waals surface area contributed by atoms with Crippen LogP contribution in [0, 0.1) is 0 Å². The number of esters is 3. The predicted molar refractivity (Wildman–Crippen MR) is 104 cm³/mol. The third kappa shape index (κ3) is 26.5. The largest absolute Gasteiger partial charge is 0.463 e.